The number of aromatic nitrogens is 1. The SMILES string of the molecule is O=C(CSc1ccccn1)N/N=C/c1ccccc1I. The Hall–Kier alpha value is -1.41. The van der Waals surface area contributed by atoms with Crippen molar-refractivity contribution < 1.29 is 4.79 Å². The summed E-state index contributed by atoms with van der Waals surface area (Å²) < 4.78 is 1.09. The molecule has 0 aliphatic heterocycles. The Labute approximate surface area is 135 Å². The van der Waals surface area contributed by atoms with Gasteiger partial charge in [-0.05, 0) is 40.8 Å². The number of thioether (sulfide) groups is 1. The van der Waals surface area contributed by atoms with E-state index >= 15 is 0 Å². The Balaban J connectivity index is 1.79. The van der Waals surface area contributed by atoms with E-state index in [-0.39, 0.29) is 5.91 Å². The fraction of sp³-hybridized carbons (Fsp3) is 0.0714. The van der Waals surface area contributed by atoms with E-state index in [1.165, 1.54) is 11.8 Å². The summed E-state index contributed by atoms with van der Waals surface area (Å²) in [5.41, 5.74) is 3.48. The number of carbonyl (C=O) groups excluding carboxylic acids is 1. The van der Waals surface area contributed by atoms with Crippen molar-refractivity contribution in [3.05, 3.63) is 57.8 Å². The predicted molar refractivity (Wildman–Crippen MR) is 89.9 cm³/mol. The second-order valence-electron chi connectivity index (χ2n) is 3.77. The van der Waals surface area contributed by atoms with E-state index in [2.05, 4.69) is 38.1 Å². The summed E-state index contributed by atoms with van der Waals surface area (Å²) in [7, 11) is 0. The minimum Gasteiger partial charge on any atom is -0.272 e. The molecule has 2 rings (SSSR count). The van der Waals surface area contributed by atoms with Gasteiger partial charge in [0.05, 0.1) is 17.0 Å². The molecule has 102 valence electrons. The van der Waals surface area contributed by atoms with Crippen LogP contribution in [0.25, 0.3) is 0 Å². The van der Waals surface area contributed by atoms with Crippen LogP contribution in [0.3, 0.4) is 0 Å². The third kappa shape index (κ3) is 4.93. The van der Waals surface area contributed by atoms with E-state index < -0.39 is 0 Å². The predicted octanol–water partition coefficient (Wildman–Crippen LogP) is 2.93. The summed E-state index contributed by atoms with van der Waals surface area (Å²) in [5, 5.41) is 4.77. The molecule has 0 fully saturated rings. The largest absolute Gasteiger partial charge is 0.272 e. The van der Waals surface area contributed by atoms with Crippen molar-refractivity contribution in [3.63, 3.8) is 0 Å². The fourth-order valence-corrected chi connectivity index (χ4v) is 2.54. The van der Waals surface area contributed by atoms with Gasteiger partial charge in [-0.3, -0.25) is 4.79 Å². The number of carbonyl (C=O) groups is 1. The van der Waals surface area contributed by atoms with Crippen LogP contribution in [0.1, 0.15) is 5.56 Å². The Morgan fingerprint density at radius 1 is 1.30 bits per heavy atom. The normalized spacial score (nSPS) is 10.7. The Morgan fingerprint density at radius 2 is 2.10 bits per heavy atom. The first-order chi connectivity index (χ1) is 9.75. The smallest absolute Gasteiger partial charge is 0.250 e. The van der Waals surface area contributed by atoms with Crippen LogP contribution in [-0.4, -0.2) is 22.9 Å². The zero-order valence-corrected chi connectivity index (χ0v) is 13.5. The first-order valence-electron chi connectivity index (χ1n) is 5.86. The molecule has 0 atom stereocenters. The average Bonchev–Trinajstić information content (AvgIpc) is 2.48. The molecule has 0 aliphatic rings. The highest BCUT2D eigenvalue weighted by molar-refractivity contribution is 14.1. The summed E-state index contributed by atoms with van der Waals surface area (Å²) in [6, 6.07) is 13.4. The molecular formula is C14H12IN3OS. The molecule has 0 bridgehead atoms. The molecule has 0 saturated heterocycles. The molecule has 0 aliphatic carbocycles. The third-order valence-electron chi connectivity index (χ3n) is 2.29. The number of rotatable bonds is 5. The van der Waals surface area contributed by atoms with Gasteiger partial charge in [0.1, 0.15) is 0 Å². The van der Waals surface area contributed by atoms with Crippen molar-refractivity contribution in [3.8, 4) is 0 Å². The maximum atomic E-state index is 11.6. The second-order valence-corrected chi connectivity index (χ2v) is 5.93. The zero-order chi connectivity index (χ0) is 14.2. The lowest BCUT2D eigenvalue weighted by Gasteiger charge is -2.00. The second kappa shape index (κ2) is 8.01. The average molecular weight is 397 g/mol. The van der Waals surface area contributed by atoms with Gasteiger partial charge in [-0.15, -0.1) is 0 Å². The molecule has 0 unspecified atom stereocenters. The first-order valence-corrected chi connectivity index (χ1v) is 7.92. The molecular weight excluding hydrogens is 385 g/mol. The van der Waals surface area contributed by atoms with Crippen LogP contribution < -0.4 is 5.43 Å². The van der Waals surface area contributed by atoms with Gasteiger partial charge in [-0.25, -0.2) is 10.4 Å². The molecule has 1 heterocycles. The van der Waals surface area contributed by atoms with Crippen LogP contribution in [0.5, 0.6) is 0 Å². The van der Waals surface area contributed by atoms with Gasteiger partial charge >= 0.3 is 0 Å². The van der Waals surface area contributed by atoms with Gasteiger partial charge in [0.15, 0.2) is 0 Å². The van der Waals surface area contributed by atoms with Crippen molar-refractivity contribution in [2.75, 3.05) is 5.75 Å². The molecule has 1 N–H and O–H groups in total. The van der Waals surface area contributed by atoms with Crippen LogP contribution in [-0.2, 0) is 4.79 Å². The Morgan fingerprint density at radius 3 is 2.85 bits per heavy atom. The van der Waals surface area contributed by atoms with Gasteiger partial charge in [-0.1, -0.05) is 36.0 Å². The van der Waals surface area contributed by atoms with Gasteiger partial charge in [0.2, 0.25) is 5.91 Å². The number of pyridine rings is 1. The molecule has 0 radical (unpaired) electrons. The van der Waals surface area contributed by atoms with Crippen molar-refractivity contribution in [2.45, 2.75) is 5.03 Å². The molecule has 2 aromatic rings. The van der Waals surface area contributed by atoms with E-state index in [9.17, 15) is 4.79 Å². The summed E-state index contributed by atoms with van der Waals surface area (Å²) >= 11 is 3.60. The summed E-state index contributed by atoms with van der Waals surface area (Å²) in [6.45, 7) is 0. The highest BCUT2D eigenvalue weighted by Crippen LogP contribution is 2.13. The number of benzene rings is 1. The monoisotopic (exact) mass is 397 g/mol. The third-order valence-corrected chi connectivity index (χ3v) is 4.21. The number of halogens is 1. The number of hydrogen-bond acceptors (Lipinski definition) is 4. The van der Waals surface area contributed by atoms with Crippen molar-refractivity contribution in [2.24, 2.45) is 5.10 Å². The van der Waals surface area contributed by atoms with E-state index in [0.29, 0.717) is 5.75 Å². The standard InChI is InChI=1S/C14H12IN3OS/c15-12-6-2-1-5-11(12)9-17-18-13(19)10-20-14-7-3-4-8-16-14/h1-9H,10H2,(H,18,19)/b17-9+. The molecule has 1 aromatic heterocycles. The highest BCUT2D eigenvalue weighted by atomic mass is 127. The summed E-state index contributed by atoms with van der Waals surface area (Å²) in [5.74, 6) is 0.142. The minimum absolute atomic E-state index is 0.150. The van der Waals surface area contributed by atoms with Crippen LogP contribution in [0.15, 0.2) is 58.8 Å². The molecule has 20 heavy (non-hydrogen) atoms. The van der Waals surface area contributed by atoms with Crippen LogP contribution in [0, 0.1) is 3.57 Å². The lowest BCUT2D eigenvalue weighted by molar-refractivity contribution is -0.118. The maximum absolute atomic E-state index is 11.6. The molecule has 4 nitrogen and oxygen atoms in total. The van der Waals surface area contributed by atoms with Gasteiger partial charge < -0.3 is 0 Å². The van der Waals surface area contributed by atoms with Crippen LogP contribution >= 0.6 is 34.4 Å². The van der Waals surface area contributed by atoms with Crippen molar-refractivity contribution >= 4 is 46.5 Å². The van der Waals surface area contributed by atoms with Crippen molar-refractivity contribution in [1.82, 2.24) is 10.4 Å². The van der Waals surface area contributed by atoms with E-state index in [1.54, 1.807) is 12.4 Å². The topological polar surface area (TPSA) is 54.4 Å². The lowest BCUT2D eigenvalue weighted by Crippen LogP contribution is -2.19. The van der Waals surface area contributed by atoms with Crippen LogP contribution in [0.4, 0.5) is 0 Å². The molecule has 0 saturated carbocycles. The highest BCUT2D eigenvalue weighted by Gasteiger charge is 2.01. The Kier molecular flexibility index (Phi) is 6.00. The van der Waals surface area contributed by atoms with E-state index in [4.69, 9.17) is 0 Å². The molecule has 1 amide bonds. The molecule has 1 aromatic carbocycles. The van der Waals surface area contributed by atoms with Gasteiger partial charge in [-0.2, -0.15) is 5.10 Å². The number of nitrogens with zero attached hydrogens (tertiary/aromatic N) is 2. The van der Waals surface area contributed by atoms with Crippen molar-refractivity contribution in [1.29, 1.82) is 0 Å². The van der Waals surface area contributed by atoms with Gasteiger partial charge in [0, 0.05) is 15.3 Å². The zero-order valence-electron chi connectivity index (χ0n) is 10.5. The lowest BCUT2D eigenvalue weighted by atomic mass is 10.2. The van der Waals surface area contributed by atoms with Gasteiger partial charge in [0.25, 0.3) is 0 Å². The summed E-state index contributed by atoms with van der Waals surface area (Å²) in [4.78, 5) is 15.7. The number of hydrogen-bond donors (Lipinski definition) is 1. The number of hydrazone groups is 1. The molecule has 0 spiro atoms. The fourth-order valence-electron chi connectivity index (χ4n) is 1.36. The quantitative estimate of drug-likeness (QED) is 0.365. The minimum atomic E-state index is -0.150. The van der Waals surface area contributed by atoms with E-state index in [1.807, 2.05) is 42.5 Å². The number of amides is 1. The molecule has 6 heteroatoms. The number of nitrogens with one attached hydrogen (secondary N) is 1. The first kappa shape index (κ1) is 15.0. The van der Waals surface area contributed by atoms with E-state index in [0.717, 1.165) is 14.2 Å². The Bertz CT molecular complexity index is 604. The van der Waals surface area contributed by atoms with Crippen LogP contribution in [0.2, 0.25) is 0 Å². The maximum Gasteiger partial charge on any atom is 0.250 e. The summed E-state index contributed by atoms with van der Waals surface area (Å²) in [6.07, 6.45) is 3.35.